The van der Waals surface area contributed by atoms with Crippen LogP contribution in [0.2, 0.25) is 5.02 Å². The van der Waals surface area contributed by atoms with Gasteiger partial charge >= 0.3 is 6.09 Å². The monoisotopic (exact) mass is 561 g/mol. The van der Waals surface area contributed by atoms with E-state index in [2.05, 4.69) is 23.3 Å². The van der Waals surface area contributed by atoms with Gasteiger partial charge in [0.2, 0.25) is 5.91 Å². The SMILES string of the molecule is CCCCN(C(=O)C(CS)NC(=O)OC(C)(C)C)C(C(=O)Nc1c(C)cccc1Cl)c1c(C)cccc1C. The van der Waals surface area contributed by atoms with Crippen LogP contribution in [0.5, 0.6) is 0 Å². The zero-order valence-electron chi connectivity index (χ0n) is 23.4. The third-order valence-corrected chi connectivity index (χ3v) is 6.73. The first kappa shape index (κ1) is 31.5. The van der Waals surface area contributed by atoms with Crippen LogP contribution < -0.4 is 10.6 Å². The van der Waals surface area contributed by atoms with Gasteiger partial charge in [0.25, 0.3) is 5.91 Å². The molecule has 2 rings (SSSR count). The second kappa shape index (κ2) is 13.9. The second-order valence-corrected chi connectivity index (χ2v) is 11.2. The molecule has 2 N–H and O–H groups in total. The molecule has 0 saturated heterocycles. The van der Waals surface area contributed by atoms with E-state index < -0.39 is 35.6 Å². The van der Waals surface area contributed by atoms with Crippen LogP contribution >= 0.6 is 24.2 Å². The lowest BCUT2D eigenvalue weighted by atomic mass is 9.93. The summed E-state index contributed by atoms with van der Waals surface area (Å²) in [5, 5.41) is 6.02. The fraction of sp³-hybridized carbons (Fsp3) is 0.483. The van der Waals surface area contributed by atoms with Crippen molar-refractivity contribution in [1.82, 2.24) is 10.2 Å². The Balaban J connectivity index is 2.58. The number of carbonyl (C=O) groups is 3. The molecule has 0 aliphatic rings. The molecule has 0 aliphatic heterocycles. The maximum Gasteiger partial charge on any atom is 0.408 e. The maximum atomic E-state index is 14.1. The lowest BCUT2D eigenvalue weighted by molar-refractivity contribution is -0.140. The zero-order chi connectivity index (χ0) is 28.6. The van der Waals surface area contributed by atoms with Gasteiger partial charge in [-0.15, -0.1) is 0 Å². The van der Waals surface area contributed by atoms with E-state index in [1.54, 1.807) is 31.7 Å². The molecule has 2 unspecified atom stereocenters. The Labute approximate surface area is 237 Å². The van der Waals surface area contributed by atoms with Crippen LogP contribution in [0.4, 0.5) is 10.5 Å². The Morgan fingerprint density at radius 3 is 2.13 bits per heavy atom. The van der Waals surface area contributed by atoms with E-state index >= 15 is 0 Å². The molecule has 0 aromatic heterocycles. The summed E-state index contributed by atoms with van der Waals surface area (Å²) in [5.74, 6) is -0.776. The third kappa shape index (κ3) is 8.40. The van der Waals surface area contributed by atoms with E-state index in [-0.39, 0.29) is 5.75 Å². The smallest absolute Gasteiger partial charge is 0.408 e. The van der Waals surface area contributed by atoms with Gasteiger partial charge in [-0.25, -0.2) is 4.79 Å². The number of unbranched alkanes of at least 4 members (excludes halogenated alkanes) is 1. The molecule has 0 spiro atoms. The van der Waals surface area contributed by atoms with Crippen molar-refractivity contribution in [3.8, 4) is 0 Å². The number of ether oxygens (including phenoxy) is 1. The van der Waals surface area contributed by atoms with Gasteiger partial charge in [0.15, 0.2) is 0 Å². The van der Waals surface area contributed by atoms with Gasteiger partial charge in [0.1, 0.15) is 17.7 Å². The lowest BCUT2D eigenvalue weighted by Crippen LogP contribution is -2.53. The van der Waals surface area contributed by atoms with Crippen LogP contribution in [-0.2, 0) is 14.3 Å². The summed E-state index contributed by atoms with van der Waals surface area (Å²) in [5.41, 5.74) is 3.04. The zero-order valence-corrected chi connectivity index (χ0v) is 25.0. The number of alkyl carbamates (subject to hydrolysis) is 1. The van der Waals surface area contributed by atoms with Crippen molar-refractivity contribution in [3.63, 3.8) is 0 Å². The highest BCUT2D eigenvalue weighted by molar-refractivity contribution is 7.80. The average Bonchev–Trinajstić information content (AvgIpc) is 2.82. The van der Waals surface area contributed by atoms with Crippen molar-refractivity contribution >= 4 is 47.8 Å². The first-order valence-electron chi connectivity index (χ1n) is 12.8. The number of amides is 3. The molecule has 3 amide bonds. The quantitative estimate of drug-likeness (QED) is 0.293. The Morgan fingerprint density at radius 2 is 1.61 bits per heavy atom. The standard InChI is InChI=1S/C29H40ClN3O4S/c1-8-9-16-33(27(35)22(17-38)31-28(36)37-29(5,6)7)25(23-18(2)12-10-13-19(23)3)26(34)32-24-20(4)14-11-15-21(24)30/h10-15,22,25,38H,8-9,16-17H2,1-7H3,(H,31,36)(H,32,34). The molecule has 0 bridgehead atoms. The number of nitrogens with zero attached hydrogens (tertiary/aromatic N) is 1. The fourth-order valence-corrected chi connectivity index (χ4v) is 4.72. The van der Waals surface area contributed by atoms with Crippen LogP contribution in [0.25, 0.3) is 0 Å². The van der Waals surface area contributed by atoms with E-state index in [1.807, 2.05) is 58.0 Å². The molecule has 0 saturated carbocycles. The Bertz CT molecular complexity index is 1110. The number of nitrogens with one attached hydrogen (secondary N) is 2. The molecule has 0 radical (unpaired) electrons. The summed E-state index contributed by atoms with van der Waals surface area (Å²) >= 11 is 10.8. The number of benzene rings is 2. The molecule has 2 aromatic carbocycles. The Hall–Kier alpha value is -2.71. The number of para-hydroxylation sites is 1. The molecule has 208 valence electrons. The van der Waals surface area contributed by atoms with E-state index in [0.29, 0.717) is 23.7 Å². The summed E-state index contributed by atoms with van der Waals surface area (Å²) in [6.45, 7) is 13.3. The average molecular weight is 562 g/mol. The minimum Gasteiger partial charge on any atom is -0.444 e. The number of hydrogen-bond acceptors (Lipinski definition) is 5. The number of rotatable bonds is 10. The highest BCUT2D eigenvalue weighted by Crippen LogP contribution is 2.32. The molecule has 9 heteroatoms. The molecule has 7 nitrogen and oxygen atoms in total. The van der Waals surface area contributed by atoms with E-state index in [0.717, 1.165) is 28.7 Å². The summed E-state index contributed by atoms with van der Waals surface area (Å²) in [7, 11) is 0. The Morgan fingerprint density at radius 1 is 1.03 bits per heavy atom. The van der Waals surface area contributed by atoms with Crippen molar-refractivity contribution < 1.29 is 19.1 Å². The summed E-state index contributed by atoms with van der Waals surface area (Å²) in [4.78, 5) is 42.1. The normalized spacial score (nSPS) is 12.9. The molecule has 0 aliphatic carbocycles. The van der Waals surface area contributed by atoms with Crippen molar-refractivity contribution in [3.05, 3.63) is 63.7 Å². The van der Waals surface area contributed by atoms with Gasteiger partial charge in [0.05, 0.1) is 10.7 Å². The van der Waals surface area contributed by atoms with E-state index in [9.17, 15) is 14.4 Å². The first-order valence-corrected chi connectivity index (χ1v) is 13.8. The van der Waals surface area contributed by atoms with E-state index in [1.165, 1.54) is 0 Å². The summed E-state index contributed by atoms with van der Waals surface area (Å²) in [6.07, 6.45) is 0.747. The third-order valence-electron chi connectivity index (χ3n) is 6.05. The predicted octanol–water partition coefficient (Wildman–Crippen LogP) is 6.40. The van der Waals surface area contributed by atoms with E-state index in [4.69, 9.17) is 16.3 Å². The second-order valence-electron chi connectivity index (χ2n) is 10.4. The lowest BCUT2D eigenvalue weighted by Gasteiger charge is -2.35. The van der Waals surface area contributed by atoms with Gasteiger partial charge in [-0.2, -0.15) is 12.6 Å². The minimum absolute atomic E-state index is 0.0332. The number of halogens is 1. The molecular weight excluding hydrogens is 522 g/mol. The fourth-order valence-electron chi connectivity index (χ4n) is 4.20. The van der Waals surface area contributed by atoms with Gasteiger partial charge in [-0.1, -0.05) is 55.3 Å². The molecular formula is C29H40ClN3O4S. The minimum atomic E-state index is -0.994. The first-order chi connectivity index (χ1) is 17.8. The van der Waals surface area contributed by atoms with Crippen molar-refractivity contribution in [1.29, 1.82) is 0 Å². The van der Waals surface area contributed by atoms with Crippen LogP contribution in [0.3, 0.4) is 0 Å². The van der Waals surface area contributed by atoms with Gasteiger partial charge in [-0.3, -0.25) is 9.59 Å². The largest absolute Gasteiger partial charge is 0.444 e. The molecule has 0 fully saturated rings. The number of anilines is 1. The van der Waals surface area contributed by atoms with Crippen LogP contribution in [0.1, 0.15) is 68.8 Å². The predicted molar refractivity (Wildman–Crippen MR) is 157 cm³/mol. The summed E-state index contributed by atoms with van der Waals surface area (Å²) in [6, 6.07) is 9.17. The number of hydrogen-bond donors (Lipinski definition) is 3. The maximum absolute atomic E-state index is 14.1. The van der Waals surface area contributed by atoms with Crippen LogP contribution in [0, 0.1) is 20.8 Å². The molecule has 2 atom stereocenters. The van der Waals surface area contributed by atoms with Gasteiger partial charge in [-0.05, 0) is 76.3 Å². The van der Waals surface area contributed by atoms with Crippen LogP contribution in [-0.4, -0.2) is 46.7 Å². The number of aryl methyl sites for hydroxylation is 3. The molecule has 2 aromatic rings. The molecule has 0 heterocycles. The highest BCUT2D eigenvalue weighted by Gasteiger charge is 2.37. The summed E-state index contributed by atoms with van der Waals surface area (Å²) < 4.78 is 5.37. The van der Waals surface area contributed by atoms with Gasteiger partial charge < -0.3 is 20.3 Å². The molecule has 38 heavy (non-hydrogen) atoms. The Kier molecular flexibility index (Phi) is 11.5. The number of thiol groups is 1. The van der Waals surface area contributed by atoms with Crippen LogP contribution in [0.15, 0.2) is 36.4 Å². The van der Waals surface area contributed by atoms with Gasteiger partial charge in [0, 0.05) is 12.3 Å². The van der Waals surface area contributed by atoms with Crippen molar-refractivity contribution in [2.24, 2.45) is 0 Å². The number of carbonyl (C=O) groups excluding carboxylic acids is 3. The highest BCUT2D eigenvalue weighted by atomic mass is 35.5. The van der Waals surface area contributed by atoms with Crippen molar-refractivity contribution in [2.75, 3.05) is 17.6 Å². The van der Waals surface area contributed by atoms with Crippen molar-refractivity contribution in [2.45, 2.75) is 79.0 Å². The topological polar surface area (TPSA) is 87.7 Å².